The fraction of sp³-hybridized carbons (Fsp3) is 0.300. The van der Waals surface area contributed by atoms with Crippen LogP contribution in [0.1, 0.15) is 22.7 Å². The van der Waals surface area contributed by atoms with Gasteiger partial charge in [-0.3, -0.25) is 4.68 Å². The monoisotopic (exact) mass is 440 g/mol. The third-order valence-corrected chi connectivity index (χ3v) is 7.51. The molecule has 11 heteroatoms. The predicted molar refractivity (Wildman–Crippen MR) is 109 cm³/mol. The summed E-state index contributed by atoms with van der Waals surface area (Å²) in [5.41, 5.74) is 3.34. The number of fused-ring (bicyclic) bond motifs is 1. The first-order valence-electron chi connectivity index (χ1n) is 9.73. The maximum atomic E-state index is 13.3. The quantitative estimate of drug-likeness (QED) is 0.475. The standard InChI is InChI=1S/C20H20N6O4S/c1-12-18(13(2)30-24-12)31(27,28)26-10-9-16-15(11-26)17(23-25(16)3)20-22-21-19(29-20)14-7-5-4-6-8-14/h4-8H,9-11H2,1-3H3. The van der Waals surface area contributed by atoms with Crippen molar-refractivity contribution in [3.05, 3.63) is 53.0 Å². The van der Waals surface area contributed by atoms with Crippen molar-refractivity contribution in [3.8, 4) is 23.0 Å². The molecule has 0 amide bonds. The number of hydrogen-bond acceptors (Lipinski definition) is 8. The van der Waals surface area contributed by atoms with Gasteiger partial charge in [-0.2, -0.15) is 9.40 Å². The first kappa shape index (κ1) is 19.6. The van der Waals surface area contributed by atoms with Gasteiger partial charge in [-0.05, 0) is 26.0 Å². The van der Waals surface area contributed by atoms with Crippen molar-refractivity contribution in [2.45, 2.75) is 31.7 Å². The lowest BCUT2D eigenvalue weighted by Crippen LogP contribution is -2.36. The number of aryl methyl sites for hydroxylation is 3. The van der Waals surface area contributed by atoms with Crippen molar-refractivity contribution < 1.29 is 17.4 Å². The molecule has 1 aliphatic rings. The minimum Gasteiger partial charge on any atom is -0.415 e. The number of nitrogens with zero attached hydrogens (tertiary/aromatic N) is 6. The Hall–Kier alpha value is -3.31. The SMILES string of the molecule is Cc1noc(C)c1S(=O)(=O)N1CCc2c(c(-c3nnc(-c4ccccc4)o3)nn2C)C1. The summed E-state index contributed by atoms with van der Waals surface area (Å²) in [6.07, 6.45) is 0.515. The Labute approximate surface area is 178 Å². The number of rotatable bonds is 4. The third kappa shape index (κ3) is 3.17. The van der Waals surface area contributed by atoms with Crippen molar-refractivity contribution >= 4 is 10.0 Å². The first-order chi connectivity index (χ1) is 14.9. The molecule has 0 spiro atoms. The van der Waals surface area contributed by atoms with Crippen LogP contribution in [0, 0.1) is 13.8 Å². The van der Waals surface area contributed by atoms with E-state index in [0.717, 1.165) is 16.8 Å². The van der Waals surface area contributed by atoms with E-state index in [4.69, 9.17) is 8.94 Å². The third-order valence-electron chi connectivity index (χ3n) is 5.42. The topological polar surface area (TPSA) is 120 Å². The molecule has 0 bridgehead atoms. The van der Waals surface area contributed by atoms with Gasteiger partial charge in [0.2, 0.25) is 15.9 Å². The molecule has 1 aliphatic heterocycles. The maximum absolute atomic E-state index is 13.3. The summed E-state index contributed by atoms with van der Waals surface area (Å²) in [6.45, 7) is 3.70. The molecule has 0 aliphatic carbocycles. The zero-order valence-corrected chi connectivity index (χ0v) is 18.0. The van der Waals surface area contributed by atoms with Crippen LogP contribution in [0.2, 0.25) is 0 Å². The van der Waals surface area contributed by atoms with Gasteiger partial charge >= 0.3 is 0 Å². The van der Waals surface area contributed by atoms with Crippen LogP contribution in [0.15, 0.2) is 44.2 Å². The lowest BCUT2D eigenvalue weighted by Gasteiger charge is -2.26. The molecule has 0 radical (unpaired) electrons. The Bertz CT molecular complexity index is 1350. The van der Waals surface area contributed by atoms with Crippen LogP contribution in [-0.4, -0.2) is 44.4 Å². The molecule has 31 heavy (non-hydrogen) atoms. The second-order valence-electron chi connectivity index (χ2n) is 7.42. The largest absolute Gasteiger partial charge is 0.415 e. The fourth-order valence-corrected chi connectivity index (χ4v) is 5.63. The van der Waals surface area contributed by atoms with Crippen LogP contribution < -0.4 is 0 Å². The van der Waals surface area contributed by atoms with Crippen molar-refractivity contribution in [2.75, 3.05) is 6.54 Å². The van der Waals surface area contributed by atoms with Gasteiger partial charge in [0.05, 0.1) is 0 Å². The maximum Gasteiger partial charge on any atom is 0.268 e. The molecule has 0 unspecified atom stereocenters. The fourth-order valence-electron chi connectivity index (χ4n) is 3.93. The van der Waals surface area contributed by atoms with E-state index in [1.165, 1.54) is 4.31 Å². The molecule has 160 valence electrons. The summed E-state index contributed by atoms with van der Waals surface area (Å²) in [6, 6.07) is 9.44. The van der Waals surface area contributed by atoms with Gasteiger partial charge in [0, 0.05) is 43.4 Å². The minimum absolute atomic E-state index is 0.116. The van der Waals surface area contributed by atoms with Crippen LogP contribution in [0.3, 0.4) is 0 Å². The second-order valence-corrected chi connectivity index (χ2v) is 9.29. The molecule has 4 aromatic rings. The molecule has 0 saturated carbocycles. The van der Waals surface area contributed by atoms with Gasteiger partial charge in [0.1, 0.15) is 10.6 Å². The van der Waals surface area contributed by atoms with E-state index in [2.05, 4.69) is 20.5 Å². The van der Waals surface area contributed by atoms with Gasteiger partial charge < -0.3 is 8.94 Å². The van der Waals surface area contributed by atoms with E-state index < -0.39 is 10.0 Å². The van der Waals surface area contributed by atoms with Crippen molar-refractivity contribution in [2.24, 2.45) is 7.05 Å². The number of hydrogen-bond donors (Lipinski definition) is 0. The Morgan fingerprint density at radius 1 is 1.06 bits per heavy atom. The van der Waals surface area contributed by atoms with Crippen molar-refractivity contribution in [1.29, 1.82) is 0 Å². The Balaban J connectivity index is 1.52. The summed E-state index contributed by atoms with van der Waals surface area (Å²) in [4.78, 5) is 0.116. The Kier molecular flexibility index (Phi) is 4.52. The molecule has 4 heterocycles. The summed E-state index contributed by atoms with van der Waals surface area (Å²) in [7, 11) is -1.95. The summed E-state index contributed by atoms with van der Waals surface area (Å²) in [5, 5.41) is 16.6. The van der Waals surface area contributed by atoms with Crippen LogP contribution in [-0.2, 0) is 30.0 Å². The predicted octanol–water partition coefficient (Wildman–Crippen LogP) is 2.49. The molecule has 10 nitrogen and oxygen atoms in total. The highest BCUT2D eigenvalue weighted by Gasteiger charge is 2.36. The van der Waals surface area contributed by atoms with Crippen LogP contribution in [0.5, 0.6) is 0 Å². The van der Waals surface area contributed by atoms with Crippen LogP contribution in [0.4, 0.5) is 0 Å². The molecule has 0 N–H and O–H groups in total. The highest BCUT2D eigenvalue weighted by Crippen LogP contribution is 2.33. The zero-order chi connectivity index (χ0) is 21.8. The number of sulfonamides is 1. The van der Waals surface area contributed by atoms with Crippen molar-refractivity contribution in [1.82, 2.24) is 29.4 Å². The normalized spacial score (nSPS) is 14.7. The summed E-state index contributed by atoms with van der Waals surface area (Å²) >= 11 is 0. The van der Waals surface area contributed by atoms with Crippen molar-refractivity contribution in [3.63, 3.8) is 0 Å². The van der Waals surface area contributed by atoms with Gasteiger partial charge in [-0.15, -0.1) is 10.2 Å². The highest BCUT2D eigenvalue weighted by molar-refractivity contribution is 7.89. The van der Waals surface area contributed by atoms with E-state index in [9.17, 15) is 8.42 Å². The molecule has 0 saturated heterocycles. The zero-order valence-electron chi connectivity index (χ0n) is 17.2. The minimum atomic E-state index is -3.78. The molecule has 0 atom stereocenters. The molecular formula is C20H20N6O4S. The highest BCUT2D eigenvalue weighted by atomic mass is 32.2. The molecule has 0 fully saturated rings. The van der Waals surface area contributed by atoms with E-state index in [-0.39, 0.29) is 23.1 Å². The van der Waals surface area contributed by atoms with Gasteiger partial charge in [0.15, 0.2) is 11.5 Å². The van der Waals surface area contributed by atoms with Crippen LogP contribution in [0.25, 0.3) is 23.0 Å². The number of aromatic nitrogens is 5. The average molecular weight is 440 g/mol. The molecule has 5 rings (SSSR count). The molecular weight excluding hydrogens is 420 g/mol. The Morgan fingerprint density at radius 2 is 1.81 bits per heavy atom. The van der Waals surface area contributed by atoms with E-state index in [0.29, 0.717) is 30.2 Å². The van der Waals surface area contributed by atoms with Gasteiger partial charge in [0.25, 0.3) is 5.89 Å². The van der Waals surface area contributed by atoms with Gasteiger partial charge in [-0.25, -0.2) is 8.42 Å². The second kappa shape index (κ2) is 7.13. The van der Waals surface area contributed by atoms with Crippen LogP contribution >= 0.6 is 0 Å². The first-order valence-corrected chi connectivity index (χ1v) is 11.2. The molecule has 1 aromatic carbocycles. The lowest BCUT2D eigenvalue weighted by molar-refractivity contribution is 0.379. The summed E-state index contributed by atoms with van der Waals surface area (Å²) in [5.74, 6) is 0.914. The van der Waals surface area contributed by atoms with E-state index in [1.807, 2.05) is 37.4 Å². The lowest BCUT2D eigenvalue weighted by atomic mass is 10.1. The van der Waals surface area contributed by atoms with E-state index >= 15 is 0 Å². The van der Waals surface area contributed by atoms with E-state index in [1.54, 1.807) is 18.5 Å². The van der Waals surface area contributed by atoms with Gasteiger partial charge in [-0.1, -0.05) is 23.4 Å². The summed E-state index contributed by atoms with van der Waals surface area (Å²) < 4.78 is 40.7. The number of benzene rings is 1. The Morgan fingerprint density at radius 3 is 2.52 bits per heavy atom. The smallest absolute Gasteiger partial charge is 0.268 e. The molecule has 3 aromatic heterocycles. The average Bonchev–Trinajstić information content (AvgIpc) is 3.46.